The van der Waals surface area contributed by atoms with Gasteiger partial charge in [-0.2, -0.15) is 0 Å². The van der Waals surface area contributed by atoms with Crippen molar-refractivity contribution in [3.8, 4) is 0 Å². The molecular formula is C12H26NO3PS. The lowest BCUT2D eigenvalue weighted by molar-refractivity contribution is 0.140. The molecule has 1 N–H and O–H groups in total. The van der Waals surface area contributed by atoms with Gasteiger partial charge in [0.25, 0.3) is 0 Å². The van der Waals surface area contributed by atoms with E-state index in [4.69, 9.17) is 20.9 Å². The molecule has 18 heavy (non-hydrogen) atoms. The Morgan fingerprint density at radius 2 is 1.89 bits per heavy atom. The highest BCUT2D eigenvalue weighted by atomic mass is 32.5. The average molecular weight is 295 g/mol. The summed E-state index contributed by atoms with van der Waals surface area (Å²) in [5, 5.41) is 0. The number of hydrogen-bond donors (Lipinski definition) is 1. The van der Waals surface area contributed by atoms with E-state index in [1.807, 2.05) is 0 Å². The van der Waals surface area contributed by atoms with Gasteiger partial charge in [-0.1, -0.05) is 26.7 Å². The summed E-state index contributed by atoms with van der Waals surface area (Å²) in [6.07, 6.45) is 5.34. The molecule has 6 heteroatoms. The lowest BCUT2D eigenvalue weighted by Gasteiger charge is -2.21. The van der Waals surface area contributed by atoms with Crippen LogP contribution >= 0.6 is 6.72 Å². The van der Waals surface area contributed by atoms with Gasteiger partial charge in [0, 0.05) is 6.54 Å². The molecule has 1 fully saturated rings. The zero-order chi connectivity index (χ0) is 13.4. The maximum absolute atomic E-state index is 9.92. The minimum Gasteiger partial charge on any atom is -0.324 e. The van der Waals surface area contributed by atoms with Gasteiger partial charge in [0.1, 0.15) is 0 Å². The molecule has 1 aliphatic carbocycles. The summed E-state index contributed by atoms with van der Waals surface area (Å²) in [5.41, 5.74) is 0. The second kappa shape index (κ2) is 8.62. The van der Waals surface area contributed by atoms with Gasteiger partial charge in [0.15, 0.2) is 0 Å². The number of rotatable bonds is 9. The Kier molecular flexibility index (Phi) is 7.92. The summed E-state index contributed by atoms with van der Waals surface area (Å²) in [7, 11) is 0. The van der Waals surface area contributed by atoms with E-state index in [1.165, 1.54) is 12.8 Å². The van der Waals surface area contributed by atoms with Crippen molar-refractivity contribution >= 4 is 18.5 Å². The van der Waals surface area contributed by atoms with Gasteiger partial charge in [-0.05, 0) is 44.2 Å². The summed E-state index contributed by atoms with van der Waals surface area (Å²) in [4.78, 5) is 12.2. The topological polar surface area (TPSA) is 41.9 Å². The Hall–Kier alpha value is 0.490. The average Bonchev–Trinajstić information content (AvgIpc) is 2.81. The minimum atomic E-state index is -3.00. The fourth-order valence-electron chi connectivity index (χ4n) is 2.22. The third kappa shape index (κ3) is 6.60. The molecule has 0 saturated heterocycles. The quantitative estimate of drug-likeness (QED) is 0.523. The van der Waals surface area contributed by atoms with Crippen LogP contribution in [0.4, 0.5) is 0 Å². The van der Waals surface area contributed by atoms with E-state index in [0.29, 0.717) is 6.61 Å². The molecule has 0 aromatic carbocycles. The summed E-state index contributed by atoms with van der Waals surface area (Å²) in [6.45, 7) is 4.83. The van der Waals surface area contributed by atoms with Crippen molar-refractivity contribution in [3.63, 3.8) is 0 Å². The maximum atomic E-state index is 9.92. The third-order valence-electron chi connectivity index (χ3n) is 3.35. The first-order valence-electron chi connectivity index (χ1n) is 6.95. The highest BCUT2D eigenvalue weighted by molar-refractivity contribution is 8.07. The van der Waals surface area contributed by atoms with Crippen molar-refractivity contribution in [2.24, 2.45) is 0 Å². The van der Waals surface area contributed by atoms with E-state index in [1.54, 1.807) is 0 Å². The molecule has 0 aliphatic heterocycles. The molecule has 1 atom stereocenters. The molecule has 0 spiro atoms. The lowest BCUT2D eigenvalue weighted by Crippen LogP contribution is -2.24. The molecule has 0 amide bonds. The largest absolute Gasteiger partial charge is 0.324 e. The van der Waals surface area contributed by atoms with Crippen molar-refractivity contribution in [3.05, 3.63) is 0 Å². The standard InChI is InChI=1S/C12H26NO3PS/c1-3-13(4-2)10-7-11-15-17(14,18)16-12-8-5-6-9-12/h12H,3-11H2,1-2H3,(H,14,18). The van der Waals surface area contributed by atoms with Gasteiger partial charge in [-0.15, -0.1) is 0 Å². The predicted octanol–water partition coefficient (Wildman–Crippen LogP) is 2.91. The Balaban J connectivity index is 2.14. The lowest BCUT2D eigenvalue weighted by atomic mass is 10.3. The summed E-state index contributed by atoms with van der Waals surface area (Å²) in [5.74, 6) is 0. The summed E-state index contributed by atoms with van der Waals surface area (Å²) >= 11 is 5.02. The zero-order valence-corrected chi connectivity index (χ0v) is 13.2. The molecule has 1 rings (SSSR count). The van der Waals surface area contributed by atoms with Crippen LogP contribution in [0.25, 0.3) is 0 Å². The highest BCUT2D eigenvalue weighted by Crippen LogP contribution is 2.47. The van der Waals surface area contributed by atoms with E-state index >= 15 is 0 Å². The van der Waals surface area contributed by atoms with Gasteiger partial charge in [-0.3, -0.25) is 0 Å². The molecule has 0 aromatic heterocycles. The molecule has 1 aliphatic rings. The van der Waals surface area contributed by atoms with Crippen LogP contribution in [-0.4, -0.2) is 42.1 Å². The van der Waals surface area contributed by atoms with E-state index in [-0.39, 0.29) is 6.10 Å². The second-order valence-corrected chi connectivity index (χ2v) is 7.48. The molecule has 1 saturated carbocycles. The van der Waals surface area contributed by atoms with Crippen LogP contribution < -0.4 is 0 Å². The van der Waals surface area contributed by atoms with Crippen molar-refractivity contribution in [2.75, 3.05) is 26.2 Å². The van der Waals surface area contributed by atoms with Gasteiger partial charge in [0.05, 0.1) is 12.7 Å². The first kappa shape index (κ1) is 16.5. The third-order valence-corrected chi connectivity index (χ3v) is 5.00. The van der Waals surface area contributed by atoms with E-state index in [0.717, 1.165) is 38.9 Å². The van der Waals surface area contributed by atoms with Crippen LogP contribution in [0.2, 0.25) is 0 Å². The van der Waals surface area contributed by atoms with Crippen LogP contribution in [0.3, 0.4) is 0 Å². The molecule has 0 heterocycles. The smallest absolute Gasteiger partial charge is 0.324 e. The second-order valence-electron chi connectivity index (χ2n) is 4.69. The van der Waals surface area contributed by atoms with Crippen molar-refractivity contribution in [1.29, 1.82) is 0 Å². The van der Waals surface area contributed by atoms with Gasteiger partial charge >= 0.3 is 6.72 Å². The van der Waals surface area contributed by atoms with Gasteiger partial charge in [-0.25, -0.2) is 0 Å². The van der Waals surface area contributed by atoms with Crippen LogP contribution in [0.1, 0.15) is 46.0 Å². The number of nitrogens with zero attached hydrogens (tertiary/aromatic N) is 1. The van der Waals surface area contributed by atoms with Crippen molar-refractivity contribution < 1.29 is 13.9 Å². The van der Waals surface area contributed by atoms with Crippen LogP contribution in [0.5, 0.6) is 0 Å². The highest BCUT2D eigenvalue weighted by Gasteiger charge is 2.24. The van der Waals surface area contributed by atoms with E-state index in [2.05, 4.69) is 18.7 Å². The normalized spacial score (nSPS) is 20.4. The van der Waals surface area contributed by atoms with Gasteiger partial charge in [0.2, 0.25) is 0 Å². The monoisotopic (exact) mass is 295 g/mol. The number of hydrogen-bond acceptors (Lipinski definition) is 4. The first-order chi connectivity index (χ1) is 8.57. The fourth-order valence-corrected chi connectivity index (χ4v) is 3.82. The van der Waals surface area contributed by atoms with E-state index in [9.17, 15) is 4.89 Å². The summed E-state index contributed by atoms with van der Waals surface area (Å²) in [6, 6.07) is 0. The fraction of sp³-hybridized carbons (Fsp3) is 1.00. The molecule has 0 radical (unpaired) electrons. The summed E-state index contributed by atoms with van der Waals surface area (Å²) < 4.78 is 10.9. The zero-order valence-electron chi connectivity index (χ0n) is 11.5. The maximum Gasteiger partial charge on any atom is 0.324 e. The first-order valence-corrected chi connectivity index (χ1v) is 9.54. The Morgan fingerprint density at radius 1 is 1.28 bits per heavy atom. The SMILES string of the molecule is CCN(CC)CCCOP(O)(=S)OC1CCCC1. The molecule has 108 valence electrons. The van der Waals surface area contributed by atoms with Crippen LogP contribution in [0.15, 0.2) is 0 Å². The molecular weight excluding hydrogens is 269 g/mol. The van der Waals surface area contributed by atoms with E-state index < -0.39 is 6.72 Å². The van der Waals surface area contributed by atoms with Gasteiger partial charge < -0.3 is 18.8 Å². The van der Waals surface area contributed by atoms with Crippen molar-refractivity contribution in [1.82, 2.24) is 4.90 Å². The molecule has 4 nitrogen and oxygen atoms in total. The Morgan fingerprint density at radius 3 is 2.44 bits per heavy atom. The minimum absolute atomic E-state index is 0.114. The molecule has 1 unspecified atom stereocenters. The van der Waals surface area contributed by atoms with Crippen molar-refractivity contribution in [2.45, 2.75) is 52.1 Å². The Bertz CT molecular complexity index is 268. The van der Waals surface area contributed by atoms with Crippen LogP contribution in [-0.2, 0) is 20.9 Å². The molecule has 0 bridgehead atoms. The predicted molar refractivity (Wildman–Crippen MR) is 78.2 cm³/mol. The van der Waals surface area contributed by atoms with Crippen LogP contribution in [0, 0.1) is 0 Å². The molecule has 0 aromatic rings. The Labute approximate surface area is 116 Å².